The highest BCUT2D eigenvalue weighted by Crippen LogP contribution is 2.57. The zero-order chi connectivity index (χ0) is 26.8. The number of H-pyrrole nitrogens is 1. The van der Waals surface area contributed by atoms with Gasteiger partial charge in [0.1, 0.15) is 0 Å². The van der Waals surface area contributed by atoms with Crippen molar-refractivity contribution in [1.29, 1.82) is 0 Å². The van der Waals surface area contributed by atoms with Crippen LogP contribution in [0.25, 0.3) is 0 Å². The van der Waals surface area contributed by atoms with Crippen molar-refractivity contribution in [3.63, 3.8) is 0 Å². The van der Waals surface area contributed by atoms with Crippen molar-refractivity contribution < 1.29 is 0 Å². The van der Waals surface area contributed by atoms with Crippen LogP contribution in [0.1, 0.15) is 35.1 Å². The molecule has 0 radical (unpaired) electrons. The molecule has 0 bridgehead atoms. The van der Waals surface area contributed by atoms with Gasteiger partial charge in [0.2, 0.25) is 0 Å². The summed E-state index contributed by atoms with van der Waals surface area (Å²) in [6, 6.07) is 44.3. The number of aromatic amines is 1. The molecule has 0 saturated carbocycles. The summed E-state index contributed by atoms with van der Waals surface area (Å²) >= 11 is 3.63. The van der Waals surface area contributed by atoms with Crippen molar-refractivity contribution in [3.8, 4) is 0 Å². The average Bonchev–Trinajstić information content (AvgIpc) is 3.62. The summed E-state index contributed by atoms with van der Waals surface area (Å²) in [5.74, 6) is 0. The maximum Gasteiger partial charge on any atom is 0.161 e. The molecule has 0 saturated heterocycles. The Morgan fingerprint density at radius 2 is 1.23 bits per heavy atom. The lowest BCUT2D eigenvalue weighted by molar-refractivity contribution is 0.368. The number of hydrogen-bond acceptors (Lipinski definition) is 3. The molecule has 4 aromatic carbocycles. The van der Waals surface area contributed by atoms with Gasteiger partial charge < -0.3 is 0 Å². The van der Waals surface area contributed by atoms with E-state index in [2.05, 4.69) is 176 Å². The summed E-state index contributed by atoms with van der Waals surface area (Å²) in [5, 5.41) is 13.1. The molecule has 5 aromatic rings. The number of aromatic nitrogens is 4. The Bertz CT molecular complexity index is 1350. The van der Waals surface area contributed by atoms with Crippen LogP contribution in [0.4, 0.5) is 0 Å². The number of nitrogens with one attached hydrogen (secondary N) is 1. The SMILES string of the molecule is BrCCC1=CCC(c2ccccc2)(C(c2ccccc2)(c2ccccc2)c2ccccc2)C=C1.c1nn[nH]n1. The maximum absolute atomic E-state index is 3.63. The second kappa shape index (κ2) is 12.6. The number of nitrogens with zero attached hydrogens (tertiary/aromatic N) is 3. The molecule has 1 atom stereocenters. The highest BCUT2D eigenvalue weighted by molar-refractivity contribution is 9.09. The quantitative estimate of drug-likeness (QED) is 0.159. The number of halogens is 1. The zero-order valence-electron chi connectivity index (χ0n) is 21.7. The van der Waals surface area contributed by atoms with Gasteiger partial charge in [-0.15, -0.1) is 10.2 Å². The van der Waals surface area contributed by atoms with Crippen molar-refractivity contribution in [1.82, 2.24) is 20.6 Å². The van der Waals surface area contributed by atoms with Gasteiger partial charge in [0.25, 0.3) is 0 Å². The lowest BCUT2D eigenvalue weighted by Gasteiger charge is -2.52. The predicted octanol–water partition coefficient (Wildman–Crippen LogP) is 7.83. The summed E-state index contributed by atoms with van der Waals surface area (Å²) in [7, 11) is 0. The Labute approximate surface area is 238 Å². The fourth-order valence-corrected chi connectivity index (χ4v) is 6.34. The van der Waals surface area contributed by atoms with Crippen molar-refractivity contribution in [2.45, 2.75) is 23.7 Å². The summed E-state index contributed by atoms with van der Waals surface area (Å²) < 4.78 is 0. The minimum Gasteiger partial charge on any atom is -0.177 e. The Kier molecular flexibility index (Phi) is 8.59. The fourth-order valence-electron chi connectivity index (χ4n) is 5.88. The van der Waals surface area contributed by atoms with Crippen LogP contribution in [0.2, 0.25) is 0 Å². The van der Waals surface area contributed by atoms with E-state index in [-0.39, 0.29) is 5.41 Å². The standard InChI is InChI=1S/C33H29Br.CH2N4/c34-26-23-27-21-24-32(25-22-27,28-13-5-1-6-14-28)33(29-15-7-2-8-16-29,30-17-9-3-10-18-30)31-19-11-4-12-20-31;1-2-4-5-3-1/h1-22,24H,23,25-26H2;1H,(H,2,3,4,5). The molecule has 1 aliphatic rings. The monoisotopic (exact) mass is 574 g/mol. The third kappa shape index (κ3) is 5.27. The van der Waals surface area contributed by atoms with E-state index in [4.69, 9.17) is 0 Å². The lowest BCUT2D eigenvalue weighted by Crippen LogP contribution is -2.50. The van der Waals surface area contributed by atoms with Gasteiger partial charge in [-0.2, -0.15) is 5.21 Å². The van der Waals surface area contributed by atoms with E-state index in [1.54, 1.807) is 0 Å². The second-order valence-electron chi connectivity index (χ2n) is 9.50. The second-order valence-corrected chi connectivity index (χ2v) is 10.3. The molecule has 1 heterocycles. The van der Waals surface area contributed by atoms with E-state index >= 15 is 0 Å². The number of allylic oxidation sites excluding steroid dienone is 4. The van der Waals surface area contributed by atoms with Crippen LogP contribution in [0.3, 0.4) is 0 Å². The van der Waals surface area contributed by atoms with E-state index < -0.39 is 5.41 Å². The van der Waals surface area contributed by atoms with E-state index in [1.807, 2.05) is 0 Å². The molecule has 0 spiro atoms. The van der Waals surface area contributed by atoms with Crippen molar-refractivity contribution in [2.24, 2.45) is 0 Å². The third-order valence-electron chi connectivity index (χ3n) is 7.50. The van der Waals surface area contributed by atoms with E-state index in [0.29, 0.717) is 0 Å². The van der Waals surface area contributed by atoms with Crippen LogP contribution >= 0.6 is 15.9 Å². The molecule has 1 aromatic heterocycles. The molecule has 39 heavy (non-hydrogen) atoms. The number of rotatable bonds is 7. The van der Waals surface area contributed by atoms with Gasteiger partial charge in [-0.1, -0.05) is 166 Å². The van der Waals surface area contributed by atoms with Gasteiger partial charge in [-0.25, -0.2) is 0 Å². The minimum absolute atomic E-state index is 0.297. The Morgan fingerprint density at radius 1 is 0.718 bits per heavy atom. The highest BCUT2D eigenvalue weighted by atomic mass is 79.9. The van der Waals surface area contributed by atoms with Gasteiger partial charge >= 0.3 is 0 Å². The fraction of sp³-hybridized carbons (Fsp3) is 0.147. The van der Waals surface area contributed by atoms with E-state index in [1.165, 1.54) is 34.2 Å². The van der Waals surface area contributed by atoms with Crippen LogP contribution in [0, 0.1) is 0 Å². The van der Waals surface area contributed by atoms with E-state index in [0.717, 1.165) is 18.2 Å². The van der Waals surface area contributed by atoms with Gasteiger partial charge in [0, 0.05) is 10.7 Å². The minimum atomic E-state index is -0.412. The first-order valence-corrected chi connectivity index (χ1v) is 14.3. The topological polar surface area (TPSA) is 54.5 Å². The molecule has 0 amide bonds. The molecule has 6 rings (SSSR count). The number of tetrazole rings is 1. The Hall–Kier alpha value is -4.09. The van der Waals surface area contributed by atoms with Crippen LogP contribution < -0.4 is 0 Å². The Morgan fingerprint density at radius 3 is 1.59 bits per heavy atom. The van der Waals surface area contributed by atoms with Crippen molar-refractivity contribution >= 4 is 15.9 Å². The average molecular weight is 576 g/mol. The molecule has 1 unspecified atom stereocenters. The predicted molar refractivity (Wildman–Crippen MR) is 162 cm³/mol. The lowest BCUT2D eigenvalue weighted by atomic mass is 9.49. The smallest absolute Gasteiger partial charge is 0.161 e. The van der Waals surface area contributed by atoms with Crippen molar-refractivity contribution in [2.75, 3.05) is 5.33 Å². The molecular weight excluding hydrogens is 544 g/mol. The highest BCUT2D eigenvalue weighted by Gasteiger charge is 2.54. The first kappa shape index (κ1) is 26.5. The summed E-state index contributed by atoms with van der Waals surface area (Å²) in [6.07, 6.45) is 10.6. The summed E-state index contributed by atoms with van der Waals surface area (Å²) in [6.45, 7) is 0. The molecule has 0 fully saturated rings. The molecule has 5 heteroatoms. The van der Waals surface area contributed by atoms with Gasteiger partial charge in [-0.3, -0.25) is 0 Å². The largest absolute Gasteiger partial charge is 0.177 e. The molecule has 4 nitrogen and oxygen atoms in total. The van der Waals surface area contributed by atoms with E-state index in [9.17, 15) is 0 Å². The molecule has 0 aliphatic heterocycles. The first-order valence-electron chi connectivity index (χ1n) is 13.1. The van der Waals surface area contributed by atoms with Gasteiger partial charge in [-0.05, 0) is 35.1 Å². The van der Waals surface area contributed by atoms with Gasteiger partial charge in [0.05, 0.1) is 5.41 Å². The summed E-state index contributed by atoms with van der Waals surface area (Å²) in [4.78, 5) is 0. The van der Waals surface area contributed by atoms with Crippen LogP contribution in [-0.4, -0.2) is 26.0 Å². The summed E-state index contributed by atoms with van der Waals surface area (Å²) in [5.41, 5.74) is 5.93. The van der Waals surface area contributed by atoms with Crippen molar-refractivity contribution in [3.05, 3.63) is 174 Å². The van der Waals surface area contributed by atoms with Gasteiger partial charge in [0.15, 0.2) is 6.33 Å². The molecule has 1 N–H and O–H groups in total. The third-order valence-corrected chi connectivity index (χ3v) is 7.90. The Balaban J connectivity index is 0.000000555. The zero-order valence-corrected chi connectivity index (χ0v) is 23.3. The van der Waals surface area contributed by atoms with Crippen LogP contribution in [0.5, 0.6) is 0 Å². The molecule has 1 aliphatic carbocycles. The van der Waals surface area contributed by atoms with Crippen LogP contribution in [0.15, 0.2) is 151 Å². The number of benzene rings is 4. The van der Waals surface area contributed by atoms with Crippen LogP contribution in [-0.2, 0) is 10.8 Å². The normalized spacial score (nSPS) is 16.6. The molecule has 194 valence electrons. The molecular formula is C34H31BrN4. The maximum atomic E-state index is 3.63. The first-order chi connectivity index (χ1) is 19.3. The number of hydrogen-bond donors (Lipinski definition) is 1. The number of alkyl halides is 1.